The van der Waals surface area contributed by atoms with E-state index in [4.69, 9.17) is 9.57 Å². The molecule has 2 aliphatic heterocycles. The third-order valence-corrected chi connectivity index (χ3v) is 6.51. The maximum absolute atomic E-state index is 13.2. The molecule has 9 heteroatoms. The molecule has 3 aliphatic rings. The van der Waals surface area contributed by atoms with Gasteiger partial charge in [-0.15, -0.1) is 0 Å². The minimum atomic E-state index is -4.46. The lowest BCUT2D eigenvalue weighted by Gasteiger charge is -2.30. The van der Waals surface area contributed by atoms with Gasteiger partial charge in [0.25, 0.3) is 0 Å². The van der Waals surface area contributed by atoms with Gasteiger partial charge < -0.3 is 15.0 Å². The molecular weight excluding hydrogens is 399 g/mol. The molecule has 2 atom stereocenters. The van der Waals surface area contributed by atoms with Gasteiger partial charge in [-0.3, -0.25) is 9.63 Å². The van der Waals surface area contributed by atoms with Crippen molar-refractivity contribution in [2.24, 2.45) is 5.92 Å². The zero-order chi connectivity index (χ0) is 21.3. The van der Waals surface area contributed by atoms with Crippen LogP contribution in [0.25, 0.3) is 0 Å². The summed E-state index contributed by atoms with van der Waals surface area (Å²) < 4.78 is 46.3. The predicted octanol–water partition coefficient (Wildman–Crippen LogP) is 1.87. The molecule has 1 aromatic rings. The summed E-state index contributed by atoms with van der Waals surface area (Å²) >= 11 is 0. The first kappa shape index (κ1) is 21.4. The molecule has 0 aromatic carbocycles. The molecule has 4 rings (SSSR count). The normalized spacial score (nSPS) is 25.3. The van der Waals surface area contributed by atoms with Crippen molar-refractivity contribution >= 4 is 5.91 Å². The molecule has 1 amide bonds. The molecule has 3 heterocycles. The van der Waals surface area contributed by atoms with Crippen molar-refractivity contribution in [3.8, 4) is 0 Å². The molecule has 0 spiro atoms. The van der Waals surface area contributed by atoms with Gasteiger partial charge in [-0.05, 0) is 38.2 Å². The number of hydrogen-bond acceptors (Lipinski definition) is 4. The van der Waals surface area contributed by atoms with E-state index in [9.17, 15) is 18.0 Å². The van der Waals surface area contributed by atoms with Crippen LogP contribution in [0.15, 0.2) is 12.3 Å². The van der Waals surface area contributed by atoms with Gasteiger partial charge >= 0.3 is 6.18 Å². The summed E-state index contributed by atoms with van der Waals surface area (Å²) in [5.74, 6) is -0.0115. The van der Waals surface area contributed by atoms with E-state index in [-0.39, 0.29) is 18.4 Å². The minimum absolute atomic E-state index is 0.0540. The van der Waals surface area contributed by atoms with Gasteiger partial charge in [-0.1, -0.05) is 0 Å². The van der Waals surface area contributed by atoms with Crippen molar-refractivity contribution in [1.82, 2.24) is 10.2 Å². The van der Waals surface area contributed by atoms with Gasteiger partial charge in [-0.2, -0.15) is 13.2 Å². The summed E-state index contributed by atoms with van der Waals surface area (Å²) in [6, 6.07) is 1.92. The van der Waals surface area contributed by atoms with Crippen LogP contribution in [0.3, 0.4) is 0 Å². The van der Waals surface area contributed by atoms with Gasteiger partial charge in [0, 0.05) is 48.1 Å². The Morgan fingerprint density at radius 1 is 1.23 bits per heavy atom. The zero-order valence-electron chi connectivity index (χ0n) is 17.2. The summed E-state index contributed by atoms with van der Waals surface area (Å²) in [6.45, 7) is 2.24. The quantitative estimate of drug-likeness (QED) is 0.745. The summed E-state index contributed by atoms with van der Waals surface area (Å²) in [5, 5.41) is 3.66. The van der Waals surface area contributed by atoms with Crippen molar-refractivity contribution in [3.05, 3.63) is 29.1 Å². The van der Waals surface area contributed by atoms with Crippen LogP contribution in [0.1, 0.15) is 48.9 Å². The molecule has 166 valence electrons. The number of aromatic nitrogens is 1. The summed E-state index contributed by atoms with van der Waals surface area (Å²) in [6.07, 6.45) is 1.56. The van der Waals surface area contributed by atoms with Crippen molar-refractivity contribution in [1.29, 1.82) is 0 Å². The van der Waals surface area contributed by atoms with Crippen LogP contribution >= 0.6 is 0 Å². The fraction of sp³-hybridized carbons (Fsp3) is 0.714. The Hall–Kier alpha value is -1.87. The van der Waals surface area contributed by atoms with E-state index < -0.39 is 11.7 Å². The van der Waals surface area contributed by atoms with Crippen LogP contribution in [-0.2, 0) is 28.7 Å². The number of nitrogens with one attached hydrogen (secondary N) is 1. The number of ether oxygens (including phenoxy) is 1. The Bertz CT molecular complexity index is 781. The highest BCUT2D eigenvalue weighted by atomic mass is 19.4. The van der Waals surface area contributed by atoms with Crippen LogP contribution in [-0.4, -0.2) is 49.8 Å². The maximum Gasteiger partial charge on any atom is 0.422 e. The fourth-order valence-corrected chi connectivity index (χ4v) is 4.91. The van der Waals surface area contributed by atoms with Crippen molar-refractivity contribution in [2.45, 2.75) is 63.3 Å². The van der Waals surface area contributed by atoms with Crippen LogP contribution in [0, 0.1) is 5.92 Å². The lowest BCUT2D eigenvalue weighted by atomic mass is 10.00. The largest absolute Gasteiger partial charge is 0.422 e. The molecule has 2 unspecified atom stereocenters. The number of carbonyl (C=O) groups is 1. The molecule has 30 heavy (non-hydrogen) atoms. The lowest BCUT2D eigenvalue weighted by Crippen LogP contribution is -2.50. The number of rotatable bonds is 4. The zero-order valence-corrected chi connectivity index (χ0v) is 17.2. The predicted molar refractivity (Wildman–Crippen MR) is 101 cm³/mol. The molecule has 1 saturated heterocycles. The van der Waals surface area contributed by atoms with E-state index in [1.54, 1.807) is 4.90 Å². The van der Waals surface area contributed by atoms with E-state index in [0.717, 1.165) is 57.6 Å². The number of pyridine rings is 1. The third kappa shape index (κ3) is 4.56. The number of halogens is 3. The number of carbonyl (C=O) groups excluding carboxylic acids is 1. The second-order valence-corrected chi connectivity index (χ2v) is 8.48. The summed E-state index contributed by atoms with van der Waals surface area (Å²) in [4.78, 5) is 19.9. The molecule has 0 radical (unpaired) electrons. The lowest BCUT2D eigenvalue weighted by molar-refractivity contribution is -0.891. The number of hydrogen-bond donors (Lipinski definition) is 1. The van der Waals surface area contributed by atoms with Gasteiger partial charge in [-0.25, -0.2) is 0 Å². The molecular formula is C21H29F3N3O3+. The molecule has 1 N–H and O–H groups in total. The van der Waals surface area contributed by atoms with E-state index >= 15 is 0 Å². The van der Waals surface area contributed by atoms with Crippen molar-refractivity contribution in [2.75, 3.05) is 26.9 Å². The molecule has 1 aliphatic carbocycles. The average molecular weight is 428 g/mol. The molecule has 1 aromatic heterocycles. The third-order valence-electron chi connectivity index (χ3n) is 6.51. The second kappa shape index (κ2) is 8.70. The monoisotopic (exact) mass is 428 g/mol. The summed E-state index contributed by atoms with van der Waals surface area (Å²) in [5.41, 5.74) is 0.431. The first-order valence-electron chi connectivity index (χ1n) is 10.7. The van der Waals surface area contributed by atoms with E-state index in [2.05, 4.69) is 5.32 Å². The highest BCUT2D eigenvalue weighted by Gasteiger charge is 2.40. The van der Waals surface area contributed by atoms with E-state index in [0.29, 0.717) is 36.3 Å². The number of nitrogens with zero attached hydrogens (tertiary/aromatic N) is 2. The van der Waals surface area contributed by atoms with Crippen LogP contribution in [0.5, 0.6) is 0 Å². The van der Waals surface area contributed by atoms with Crippen LogP contribution in [0.2, 0.25) is 0 Å². The van der Waals surface area contributed by atoms with Gasteiger partial charge in [0.05, 0.1) is 13.0 Å². The number of amides is 1. The molecule has 6 nitrogen and oxygen atoms in total. The van der Waals surface area contributed by atoms with Crippen LogP contribution < -0.4 is 14.9 Å². The summed E-state index contributed by atoms with van der Waals surface area (Å²) in [7, 11) is 1.35. The molecule has 1 saturated carbocycles. The first-order valence-corrected chi connectivity index (χ1v) is 10.7. The van der Waals surface area contributed by atoms with Crippen LogP contribution in [0.4, 0.5) is 13.2 Å². The highest BCUT2D eigenvalue weighted by molar-refractivity contribution is 5.79. The Labute approximate surface area is 174 Å². The van der Waals surface area contributed by atoms with Crippen molar-refractivity contribution < 1.29 is 32.3 Å². The number of alkyl halides is 3. The standard InChI is InChI=1S/C21H29F3N3O3/c1-29-27-13-16(21(22,23)24)10-15-12-26(7-4-19(15)27)20(28)14-2-3-18(11-14)25-17-5-8-30-9-6-17/h10,13-14,17-18,25H,2-9,11-12H2,1H3/q+1. The van der Waals surface area contributed by atoms with Gasteiger partial charge in [0.1, 0.15) is 12.7 Å². The number of fused-ring (bicyclic) bond motifs is 1. The Morgan fingerprint density at radius 3 is 2.70 bits per heavy atom. The second-order valence-electron chi connectivity index (χ2n) is 8.48. The highest BCUT2D eigenvalue weighted by Crippen LogP contribution is 2.32. The Balaban J connectivity index is 1.41. The topological polar surface area (TPSA) is 54.7 Å². The van der Waals surface area contributed by atoms with E-state index in [1.807, 2.05) is 0 Å². The Morgan fingerprint density at radius 2 is 2.00 bits per heavy atom. The Kier molecular flexibility index (Phi) is 6.20. The first-order chi connectivity index (χ1) is 14.3. The van der Waals surface area contributed by atoms with Gasteiger partial charge in [0.15, 0.2) is 0 Å². The van der Waals surface area contributed by atoms with E-state index in [1.165, 1.54) is 11.8 Å². The van der Waals surface area contributed by atoms with Gasteiger partial charge in [0.2, 0.25) is 17.8 Å². The SMILES string of the molecule is CO[n+]1cc(C(F)(F)F)cc2c1CCN(C(=O)C1CCC(NC3CCOCC3)C1)C2. The molecule has 0 bridgehead atoms. The molecule has 2 fully saturated rings. The fourth-order valence-electron chi connectivity index (χ4n) is 4.91. The smallest absolute Gasteiger partial charge is 0.381 e. The maximum atomic E-state index is 13.2. The minimum Gasteiger partial charge on any atom is -0.381 e. The van der Waals surface area contributed by atoms with Crippen molar-refractivity contribution in [3.63, 3.8) is 0 Å². The average Bonchev–Trinajstić information content (AvgIpc) is 3.20.